The molecule has 1 aromatic heterocycles. The maximum absolute atomic E-state index is 13.0. The molecule has 0 aliphatic carbocycles. The van der Waals surface area contributed by atoms with Crippen LogP contribution in [0, 0.1) is 5.92 Å². The van der Waals surface area contributed by atoms with Crippen molar-refractivity contribution in [2.75, 3.05) is 56.6 Å². The summed E-state index contributed by atoms with van der Waals surface area (Å²) in [4.78, 5) is 48.8. The highest BCUT2D eigenvalue weighted by atomic mass is 35.5. The normalized spacial score (nSPS) is 13.3. The predicted molar refractivity (Wildman–Crippen MR) is 158 cm³/mol. The molecule has 1 aliphatic rings. The Labute approximate surface area is 243 Å². The summed E-state index contributed by atoms with van der Waals surface area (Å²) in [5.74, 6) is 0.415. The summed E-state index contributed by atoms with van der Waals surface area (Å²) < 4.78 is 5.47. The molecule has 2 heterocycles. The number of ether oxygens (including phenoxy) is 1. The summed E-state index contributed by atoms with van der Waals surface area (Å²) in [6.07, 6.45) is 0.162. The lowest BCUT2D eigenvalue weighted by Crippen LogP contribution is -2.49. The highest BCUT2D eigenvalue weighted by molar-refractivity contribution is 7.13. The smallest absolute Gasteiger partial charge is 0.254 e. The number of piperazine rings is 1. The van der Waals surface area contributed by atoms with E-state index >= 15 is 0 Å². The minimum atomic E-state index is -0.345. The number of nitrogens with zero attached hydrogens (tertiary/aromatic N) is 4. The Morgan fingerprint density at radius 3 is 2.45 bits per heavy atom. The lowest BCUT2D eigenvalue weighted by atomic mass is 10.1. The van der Waals surface area contributed by atoms with E-state index in [0.29, 0.717) is 54.1 Å². The first-order chi connectivity index (χ1) is 19.2. The first-order valence-electron chi connectivity index (χ1n) is 13.2. The van der Waals surface area contributed by atoms with Gasteiger partial charge in [0.1, 0.15) is 12.3 Å². The van der Waals surface area contributed by atoms with E-state index in [1.165, 1.54) is 16.2 Å². The Balaban J connectivity index is 1.29. The van der Waals surface area contributed by atoms with E-state index in [1.807, 2.05) is 43.0 Å². The Bertz CT molecular complexity index is 1320. The van der Waals surface area contributed by atoms with E-state index in [1.54, 1.807) is 36.8 Å². The van der Waals surface area contributed by atoms with Gasteiger partial charge in [-0.1, -0.05) is 37.6 Å². The van der Waals surface area contributed by atoms with Crippen molar-refractivity contribution < 1.29 is 19.1 Å². The molecule has 0 saturated carbocycles. The summed E-state index contributed by atoms with van der Waals surface area (Å²) >= 11 is 7.21. The molecule has 0 atom stereocenters. The molecule has 3 amide bonds. The molecule has 40 heavy (non-hydrogen) atoms. The second-order valence-electron chi connectivity index (χ2n) is 10.00. The Morgan fingerprint density at radius 1 is 1.07 bits per heavy atom. The molecule has 0 unspecified atom stereocenters. The standard InChI is InChI=1S/C29H34ClN5O4S/c1-20(2)17-35(28(38)21-8-10-22(30)11-9-21)18-26(36)32-29-31-23(19-40-29)16-27(37)34-14-12-33(13-15-34)24-6-4-5-7-25(24)39-3/h4-11,19-20H,12-18H2,1-3H3,(H,31,32,36). The number of carbonyl (C=O) groups is 3. The minimum absolute atomic E-state index is 0.000442. The number of hydrogen-bond acceptors (Lipinski definition) is 7. The molecule has 1 saturated heterocycles. The third-order valence-corrected chi connectivity index (χ3v) is 7.55. The van der Waals surface area contributed by atoms with E-state index in [-0.39, 0.29) is 36.6 Å². The van der Waals surface area contributed by atoms with Gasteiger partial charge in [0.25, 0.3) is 5.91 Å². The topological polar surface area (TPSA) is 95.1 Å². The lowest BCUT2D eigenvalue weighted by molar-refractivity contribution is -0.130. The van der Waals surface area contributed by atoms with Gasteiger partial charge in [0, 0.05) is 48.7 Å². The van der Waals surface area contributed by atoms with Gasteiger partial charge in [0.05, 0.1) is 24.9 Å². The summed E-state index contributed by atoms with van der Waals surface area (Å²) in [5, 5.41) is 5.50. The second-order valence-corrected chi connectivity index (χ2v) is 11.3. The fourth-order valence-electron chi connectivity index (χ4n) is 4.57. The fourth-order valence-corrected chi connectivity index (χ4v) is 5.42. The fraction of sp³-hybridized carbons (Fsp3) is 0.379. The number of aromatic nitrogens is 1. The molecule has 3 aromatic rings. The van der Waals surface area contributed by atoms with Crippen LogP contribution >= 0.6 is 22.9 Å². The highest BCUT2D eigenvalue weighted by Crippen LogP contribution is 2.28. The molecule has 1 N–H and O–H groups in total. The number of rotatable bonds is 10. The monoisotopic (exact) mass is 583 g/mol. The van der Waals surface area contributed by atoms with E-state index in [4.69, 9.17) is 16.3 Å². The van der Waals surface area contributed by atoms with E-state index in [0.717, 1.165) is 11.4 Å². The molecule has 0 radical (unpaired) electrons. The molecule has 0 spiro atoms. The number of carbonyl (C=O) groups excluding carboxylic acids is 3. The van der Waals surface area contributed by atoms with Gasteiger partial charge in [-0.05, 0) is 42.3 Å². The first kappa shape index (κ1) is 29.4. The summed E-state index contributed by atoms with van der Waals surface area (Å²) in [5.41, 5.74) is 2.10. The number of nitrogens with one attached hydrogen (secondary N) is 1. The largest absolute Gasteiger partial charge is 0.495 e. The van der Waals surface area contributed by atoms with Gasteiger partial charge >= 0.3 is 0 Å². The summed E-state index contributed by atoms with van der Waals surface area (Å²) in [7, 11) is 1.66. The van der Waals surface area contributed by atoms with Crippen molar-refractivity contribution in [3.63, 3.8) is 0 Å². The zero-order valence-corrected chi connectivity index (χ0v) is 24.5. The first-order valence-corrected chi connectivity index (χ1v) is 14.4. The van der Waals surface area contributed by atoms with Crippen molar-refractivity contribution in [1.82, 2.24) is 14.8 Å². The van der Waals surface area contributed by atoms with Crippen LogP contribution in [0.15, 0.2) is 53.9 Å². The maximum atomic E-state index is 13.0. The Morgan fingerprint density at radius 2 is 1.77 bits per heavy atom. The van der Waals surface area contributed by atoms with Gasteiger partial charge < -0.3 is 24.8 Å². The Kier molecular flexibility index (Phi) is 10.0. The third kappa shape index (κ3) is 7.73. The van der Waals surface area contributed by atoms with Gasteiger partial charge in [0.2, 0.25) is 11.8 Å². The van der Waals surface area contributed by atoms with Crippen molar-refractivity contribution in [1.29, 1.82) is 0 Å². The molecule has 11 heteroatoms. The minimum Gasteiger partial charge on any atom is -0.495 e. The number of anilines is 2. The quantitative estimate of drug-likeness (QED) is 0.379. The van der Waals surface area contributed by atoms with Crippen molar-refractivity contribution in [2.45, 2.75) is 20.3 Å². The zero-order valence-electron chi connectivity index (χ0n) is 22.9. The van der Waals surface area contributed by atoms with Crippen LogP contribution in [0.1, 0.15) is 29.9 Å². The average Bonchev–Trinajstić information content (AvgIpc) is 3.38. The lowest BCUT2D eigenvalue weighted by Gasteiger charge is -2.36. The number of thiazole rings is 1. The van der Waals surface area contributed by atoms with Crippen LogP contribution in [0.2, 0.25) is 5.02 Å². The molecule has 2 aromatic carbocycles. The van der Waals surface area contributed by atoms with Crippen molar-refractivity contribution in [3.05, 3.63) is 70.2 Å². The molecule has 212 valence electrons. The van der Waals surface area contributed by atoms with E-state index in [2.05, 4.69) is 15.2 Å². The SMILES string of the molecule is COc1ccccc1N1CCN(C(=O)Cc2csc(NC(=O)CN(CC(C)C)C(=O)c3ccc(Cl)cc3)n2)CC1. The molecule has 1 aliphatic heterocycles. The zero-order chi connectivity index (χ0) is 28.6. The van der Waals surface area contributed by atoms with Crippen LogP contribution in [0.5, 0.6) is 5.75 Å². The third-order valence-electron chi connectivity index (χ3n) is 6.49. The van der Waals surface area contributed by atoms with Crippen LogP contribution in [0.25, 0.3) is 0 Å². The van der Waals surface area contributed by atoms with Gasteiger partial charge in [0.15, 0.2) is 5.13 Å². The molecule has 4 rings (SSSR count). The van der Waals surface area contributed by atoms with Crippen molar-refractivity contribution in [3.8, 4) is 5.75 Å². The van der Waals surface area contributed by atoms with Crippen LogP contribution in [0.4, 0.5) is 10.8 Å². The predicted octanol–water partition coefficient (Wildman–Crippen LogP) is 4.43. The molecular formula is C29H34ClN5O4S. The van der Waals surface area contributed by atoms with Crippen molar-refractivity contribution in [2.24, 2.45) is 5.92 Å². The number of hydrogen-bond donors (Lipinski definition) is 1. The second kappa shape index (κ2) is 13.6. The van der Waals surface area contributed by atoms with Crippen LogP contribution < -0.4 is 15.0 Å². The van der Waals surface area contributed by atoms with Gasteiger partial charge in [-0.15, -0.1) is 11.3 Å². The summed E-state index contributed by atoms with van der Waals surface area (Å²) in [6.45, 7) is 6.94. The molecule has 9 nitrogen and oxygen atoms in total. The van der Waals surface area contributed by atoms with Crippen molar-refractivity contribution >= 4 is 51.5 Å². The molecular weight excluding hydrogens is 550 g/mol. The molecule has 1 fully saturated rings. The van der Waals surface area contributed by atoms with Gasteiger partial charge in [-0.2, -0.15) is 0 Å². The maximum Gasteiger partial charge on any atom is 0.254 e. The average molecular weight is 584 g/mol. The number of halogens is 1. The van der Waals surface area contributed by atoms with Gasteiger partial charge in [-0.25, -0.2) is 4.98 Å². The Hall–Kier alpha value is -3.63. The number of benzene rings is 2. The summed E-state index contributed by atoms with van der Waals surface area (Å²) in [6, 6.07) is 14.5. The molecule has 0 bridgehead atoms. The van der Waals surface area contributed by atoms with Crippen LogP contribution in [0.3, 0.4) is 0 Å². The van der Waals surface area contributed by atoms with E-state index < -0.39 is 0 Å². The number of para-hydroxylation sites is 2. The number of methoxy groups -OCH3 is 1. The number of amides is 3. The van der Waals surface area contributed by atoms with E-state index in [9.17, 15) is 14.4 Å². The van der Waals surface area contributed by atoms with Crippen LogP contribution in [-0.4, -0.2) is 78.9 Å². The highest BCUT2D eigenvalue weighted by Gasteiger charge is 2.24. The van der Waals surface area contributed by atoms with Gasteiger partial charge in [-0.3, -0.25) is 14.4 Å². The van der Waals surface area contributed by atoms with Crippen LogP contribution in [-0.2, 0) is 16.0 Å².